The number of aromatic nitrogens is 1. The highest BCUT2D eigenvalue weighted by Gasteiger charge is 2.22. The summed E-state index contributed by atoms with van der Waals surface area (Å²) in [5.41, 5.74) is 0.347. The molecule has 6 heteroatoms. The zero-order valence-corrected chi connectivity index (χ0v) is 12.6. The predicted molar refractivity (Wildman–Crippen MR) is 80.3 cm³/mol. The maximum absolute atomic E-state index is 13.8. The van der Waals surface area contributed by atoms with Gasteiger partial charge in [0.15, 0.2) is 0 Å². The standard InChI is InChI=1S/C15H17F2N3S/c1-10(20-7-5-18-6-8-20)15-19-13(9-21-15)14-11(16)3-2-4-12(14)17/h2-4,9-10,18H,5-8H2,1H3. The summed E-state index contributed by atoms with van der Waals surface area (Å²) in [6.07, 6.45) is 0. The van der Waals surface area contributed by atoms with Crippen LogP contribution in [0.3, 0.4) is 0 Å². The second-order valence-corrected chi connectivity index (χ2v) is 6.02. The Kier molecular flexibility index (Phi) is 4.28. The number of rotatable bonds is 3. The van der Waals surface area contributed by atoms with Crippen molar-refractivity contribution in [1.82, 2.24) is 15.2 Å². The van der Waals surface area contributed by atoms with Crippen LogP contribution in [0.4, 0.5) is 8.78 Å². The van der Waals surface area contributed by atoms with Crippen LogP contribution in [0.2, 0.25) is 0 Å². The Hall–Kier alpha value is -1.37. The Bertz CT molecular complexity index is 603. The second-order valence-electron chi connectivity index (χ2n) is 5.13. The summed E-state index contributed by atoms with van der Waals surface area (Å²) < 4.78 is 27.6. The van der Waals surface area contributed by atoms with E-state index in [1.54, 1.807) is 5.38 Å². The van der Waals surface area contributed by atoms with Gasteiger partial charge >= 0.3 is 0 Å². The van der Waals surface area contributed by atoms with E-state index in [4.69, 9.17) is 0 Å². The summed E-state index contributed by atoms with van der Waals surface area (Å²) in [5, 5.41) is 5.94. The van der Waals surface area contributed by atoms with Gasteiger partial charge in [-0.3, -0.25) is 4.90 Å². The first-order valence-electron chi connectivity index (χ1n) is 7.01. The number of piperazine rings is 1. The largest absolute Gasteiger partial charge is 0.314 e. The van der Waals surface area contributed by atoms with Crippen molar-refractivity contribution in [2.45, 2.75) is 13.0 Å². The molecule has 1 aliphatic heterocycles. The molecule has 1 aromatic carbocycles. The molecule has 0 saturated carbocycles. The molecule has 2 heterocycles. The summed E-state index contributed by atoms with van der Waals surface area (Å²) >= 11 is 1.46. The van der Waals surface area contributed by atoms with Gasteiger partial charge in [0.2, 0.25) is 0 Å². The number of halogens is 2. The molecule has 1 N–H and O–H groups in total. The highest BCUT2D eigenvalue weighted by molar-refractivity contribution is 7.10. The van der Waals surface area contributed by atoms with Crippen LogP contribution in [0.1, 0.15) is 18.0 Å². The molecule has 0 bridgehead atoms. The lowest BCUT2D eigenvalue weighted by atomic mass is 10.1. The first kappa shape index (κ1) is 14.6. The molecule has 1 saturated heterocycles. The normalized spacial score (nSPS) is 17.9. The lowest BCUT2D eigenvalue weighted by molar-refractivity contribution is 0.185. The average molecular weight is 309 g/mol. The Morgan fingerprint density at radius 1 is 1.24 bits per heavy atom. The van der Waals surface area contributed by atoms with Crippen LogP contribution in [0.25, 0.3) is 11.3 Å². The SMILES string of the molecule is CC(c1nc(-c2c(F)cccc2F)cs1)N1CCNCC1. The van der Waals surface area contributed by atoms with Crippen LogP contribution in [0.15, 0.2) is 23.6 Å². The van der Waals surface area contributed by atoms with E-state index in [1.165, 1.54) is 29.5 Å². The highest BCUT2D eigenvalue weighted by atomic mass is 32.1. The Balaban J connectivity index is 1.86. The van der Waals surface area contributed by atoms with Gasteiger partial charge in [-0.05, 0) is 19.1 Å². The zero-order chi connectivity index (χ0) is 14.8. The number of hydrogen-bond donors (Lipinski definition) is 1. The molecule has 1 aromatic heterocycles. The second kappa shape index (κ2) is 6.17. The zero-order valence-electron chi connectivity index (χ0n) is 11.8. The van der Waals surface area contributed by atoms with E-state index in [0.717, 1.165) is 31.2 Å². The van der Waals surface area contributed by atoms with E-state index < -0.39 is 11.6 Å². The van der Waals surface area contributed by atoms with Crippen molar-refractivity contribution in [3.05, 3.63) is 40.2 Å². The summed E-state index contributed by atoms with van der Waals surface area (Å²) in [6.45, 7) is 5.94. The van der Waals surface area contributed by atoms with E-state index in [0.29, 0.717) is 5.69 Å². The van der Waals surface area contributed by atoms with Crippen LogP contribution in [-0.2, 0) is 0 Å². The van der Waals surface area contributed by atoms with Gasteiger partial charge in [-0.25, -0.2) is 13.8 Å². The Morgan fingerprint density at radius 3 is 2.57 bits per heavy atom. The molecule has 0 aliphatic carbocycles. The maximum atomic E-state index is 13.8. The Labute approximate surface area is 126 Å². The third kappa shape index (κ3) is 2.97. The molecular formula is C15H17F2N3S. The molecule has 21 heavy (non-hydrogen) atoms. The van der Waals surface area contributed by atoms with Gasteiger partial charge in [0.05, 0.1) is 17.3 Å². The fraction of sp³-hybridized carbons (Fsp3) is 0.400. The number of nitrogens with zero attached hydrogens (tertiary/aromatic N) is 2. The number of thiazole rings is 1. The van der Waals surface area contributed by atoms with E-state index >= 15 is 0 Å². The molecule has 0 spiro atoms. The first-order chi connectivity index (χ1) is 10.2. The monoisotopic (exact) mass is 309 g/mol. The van der Waals surface area contributed by atoms with Gasteiger partial charge in [0, 0.05) is 31.6 Å². The van der Waals surface area contributed by atoms with Gasteiger partial charge in [-0.1, -0.05) is 6.07 Å². The molecule has 2 aromatic rings. The molecule has 112 valence electrons. The third-order valence-corrected chi connectivity index (χ3v) is 4.81. The van der Waals surface area contributed by atoms with Gasteiger partial charge < -0.3 is 5.32 Å². The number of benzene rings is 1. The average Bonchev–Trinajstić information content (AvgIpc) is 2.97. The minimum atomic E-state index is -0.568. The van der Waals surface area contributed by atoms with Crippen LogP contribution in [-0.4, -0.2) is 36.1 Å². The molecule has 1 atom stereocenters. The van der Waals surface area contributed by atoms with Gasteiger partial charge in [0.1, 0.15) is 16.6 Å². The van der Waals surface area contributed by atoms with Crippen LogP contribution in [0, 0.1) is 11.6 Å². The predicted octanol–water partition coefficient (Wildman–Crippen LogP) is 3.05. The molecule has 0 amide bonds. The molecule has 1 fully saturated rings. The topological polar surface area (TPSA) is 28.2 Å². The molecule has 0 radical (unpaired) electrons. The summed E-state index contributed by atoms with van der Waals surface area (Å²) in [4.78, 5) is 6.78. The van der Waals surface area contributed by atoms with Crippen molar-refractivity contribution in [1.29, 1.82) is 0 Å². The molecule has 3 rings (SSSR count). The van der Waals surface area contributed by atoms with Crippen molar-refractivity contribution in [2.75, 3.05) is 26.2 Å². The summed E-state index contributed by atoms with van der Waals surface area (Å²) in [6, 6.07) is 4.06. The van der Waals surface area contributed by atoms with E-state index in [2.05, 4.69) is 22.1 Å². The number of nitrogens with one attached hydrogen (secondary N) is 1. The van der Waals surface area contributed by atoms with Gasteiger partial charge in [-0.2, -0.15) is 0 Å². The van der Waals surface area contributed by atoms with Gasteiger partial charge in [0.25, 0.3) is 0 Å². The Morgan fingerprint density at radius 2 is 1.90 bits per heavy atom. The van der Waals surface area contributed by atoms with E-state index in [1.807, 2.05) is 0 Å². The fourth-order valence-electron chi connectivity index (χ4n) is 2.56. The third-order valence-electron chi connectivity index (χ3n) is 3.80. The minimum absolute atomic E-state index is 0.0347. The molecular weight excluding hydrogens is 292 g/mol. The van der Waals surface area contributed by atoms with Gasteiger partial charge in [-0.15, -0.1) is 11.3 Å². The smallest absolute Gasteiger partial charge is 0.135 e. The molecule has 1 aliphatic rings. The maximum Gasteiger partial charge on any atom is 0.135 e. The fourth-order valence-corrected chi connectivity index (χ4v) is 3.46. The highest BCUT2D eigenvalue weighted by Crippen LogP contribution is 2.31. The molecule has 3 nitrogen and oxygen atoms in total. The van der Waals surface area contributed by atoms with Crippen LogP contribution in [0.5, 0.6) is 0 Å². The van der Waals surface area contributed by atoms with Crippen LogP contribution >= 0.6 is 11.3 Å². The van der Waals surface area contributed by atoms with Crippen molar-refractivity contribution in [2.24, 2.45) is 0 Å². The van der Waals surface area contributed by atoms with Crippen molar-refractivity contribution < 1.29 is 8.78 Å². The van der Waals surface area contributed by atoms with Crippen molar-refractivity contribution in [3.63, 3.8) is 0 Å². The lowest BCUT2D eigenvalue weighted by Gasteiger charge is -2.31. The lowest BCUT2D eigenvalue weighted by Crippen LogP contribution is -2.44. The molecule has 1 unspecified atom stereocenters. The van der Waals surface area contributed by atoms with Crippen LogP contribution < -0.4 is 5.32 Å². The number of hydrogen-bond acceptors (Lipinski definition) is 4. The minimum Gasteiger partial charge on any atom is -0.314 e. The van der Waals surface area contributed by atoms with E-state index in [-0.39, 0.29) is 11.6 Å². The quantitative estimate of drug-likeness (QED) is 0.944. The van der Waals surface area contributed by atoms with Crippen molar-refractivity contribution >= 4 is 11.3 Å². The van der Waals surface area contributed by atoms with E-state index in [9.17, 15) is 8.78 Å². The van der Waals surface area contributed by atoms with Crippen molar-refractivity contribution in [3.8, 4) is 11.3 Å². The first-order valence-corrected chi connectivity index (χ1v) is 7.89. The summed E-state index contributed by atoms with van der Waals surface area (Å²) in [5.74, 6) is -1.14. The summed E-state index contributed by atoms with van der Waals surface area (Å²) in [7, 11) is 0.